The molecule has 4 nitrogen and oxygen atoms in total. The summed E-state index contributed by atoms with van der Waals surface area (Å²) in [6.45, 7) is 1.08. The van der Waals surface area contributed by atoms with E-state index < -0.39 is 0 Å². The van der Waals surface area contributed by atoms with Gasteiger partial charge in [-0.05, 0) is 30.9 Å². The van der Waals surface area contributed by atoms with Gasteiger partial charge in [0.05, 0.1) is 11.9 Å². The summed E-state index contributed by atoms with van der Waals surface area (Å²) in [7, 11) is 0. The molecular weight excluding hydrogens is 236 g/mol. The molecule has 2 heterocycles. The van der Waals surface area contributed by atoms with E-state index in [1.807, 2.05) is 23.0 Å². The highest BCUT2D eigenvalue weighted by Gasteiger charge is 2.12. The number of hydrogen-bond donors (Lipinski definition) is 1. The van der Waals surface area contributed by atoms with Crippen LogP contribution in [-0.4, -0.2) is 21.1 Å². The van der Waals surface area contributed by atoms with E-state index in [0.717, 1.165) is 24.0 Å². The van der Waals surface area contributed by atoms with Gasteiger partial charge >= 0.3 is 0 Å². The summed E-state index contributed by atoms with van der Waals surface area (Å²) >= 11 is 0. The second-order valence-corrected chi connectivity index (χ2v) is 5.26. The van der Waals surface area contributed by atoms with Crippen LogP contribution in [0, 0.1) is 5.92 Å². The van der Waals surface area contributed by atoms with E-state index in [1.165, 1.54) is 32.1 Å². The number of nitrogens with one attached hydrogen (secondary N) is 1. The van der Waals surface area contributed by atoms with Gasteiger partial charge in [0.15, 0.2) is 0 Å². The lowest BCUT2D eigenvalue weighted by molar-refractivity contribution is 0.373. The second kappa shape index (κ2) is 5.87. The minimum Gasteiger partial charge on any atom is -0.384 e. The molecule has 1 fully saturated rings. The van der Waals surface area contributed by atoms with Crippen LogP contribution in [0.5, 0.6) is 0 Å². The molecule has 0 spiro atoms. The summed E-state index contributed by atoms with van der Waals surface area (Å²) in [5, 5.41) is 3.50. The molecule has 1 aliphatic carbocycles. The standard InChI is InChI=1S/C15H20N4/c1-2-4-13(5-3-1)10-17-14-6-7-15(18-11-14)19-9-8-16-12-19/h6-9,11-13,17H,1-5,10H2. The topological polar surface area (TPSA) is 42.7 Å². The fraction of sp³-hybridized carbons (Fsp3) is 0.467. The minimum absolute atomic E-state index is 0.835. The van der Waals surface area contributed by atoms with Crippen LogP contribution in [0.4, 0.5) is 5.69 Å². The van der Waals surface area contributed by atoms with Crippen molar-refractivity contribution in [2.45, 2.75) is 32.1 Å². The lowest BCUT2D eigenvalue weighted by Crippen LogP contribution is -2.17. The van der Waals surface area contributed by atoms with Crippen molar-refractivity contribution in [3.8, 4) is 5.82 Å². The zero-order valence-corrected chi connectivity index (χ0v) is 11.1. The SMILES string of the molecule is c1cn(-c2ccc(NCC3CCCCC3)cn2)cn1. The van der Waals surface area contributed by atoms with E-state index in [4.69, 9.17) is 0 Å². The maximum atomic E-state index is 4.45. The summed E-state index contributed by atoms with van der Waals surface area (Å²) in [6, 6.07) is 4.11. The van der Waals surface area contributed by atoms with Crippen LogP contribution in [0.15, 0.2) is 37.1 Å². The third-order valence-corrected chi connectivity index (χ3v) is 3.84. The predicted molar refractivity (Wildman–Crippen MR) is 76.4 cm³/mol. The molecule has 3 rings (SSSR count). The smallest absolute Gasteiger partial charge is 0.137 e. The molecule has 100 valence electrons. The maximum Gasteiger partial charge on any atom is 0.137 e. The van der Waals surface area contributed by atoms with Crippen molar-refractivity contribution in [1.29, 1.82) is 0 Å². The molecule has 0 unspecified atom stereocenters. The number of anilines is 1. The molecule has 0 radical (unpaired) electrons. The Kier molecular flexibility index (Phi) is 3.77. The Morgan fingerprint density at radius 2 is 2.11 bits per heavy atom. The van der Waals surface area contributed by atoms with E-state index in [9.17, 15) is 0 Å². The van der Waals surface area contributed by atoms with Crippen LogP contribution >= 0.6 is 0 Å². The molecule has 0 amide bonds. The van der Waals surface area contributed by atoms with Crippen LogP contribution < -0.4 is 5.32 Å². The normalized spacial score (nSPS) is 16.4. The predicted octanol–water partition coefficient (Wildman–Crippen LogP) is 3.26. The first-order chi connectivity index (χ1) is 9.42. The number of nitrogens with zero attached hydrogens (tertiary/aromatic N) is 3. The molecule has 1 aliphatic rings. The van der Waals surface area contributed by atoms with E-state index in [2.05, 4.69) is 21.4 Å². The zero-order valence-electron chi connectivity index (χ0n) is 11.1. The first-order valence-corrected chi connectivity index (χ1v) is 7.10. The van der Waals surface area contributed by atoms with Gasteiger partial charge in [0.2, 0.25) is 0 Å². The zero-order chi connectivity index (χ0) is 12.9. The maximum absolute atomic E-state index is 4.45. The summed E-state index contributed by atoms with van der Waals surface area (Å²) < 4.78 is 1.91. The number of rotatable bonds is 4. The Hall–Kier alpha value is -1.84. The molecule has 1 saturated carbocycles. The number of aromatic nitrogens is 3. The highest BCUT2D eigenvalue weighted by Crippen LogP contribution is 2.23. The lowest BCUT2D eigenvalue weighted by atomic mass is 9.89. The highest BCUT2D eigenvalue weighted by molar-refractivity contribution is 5.43. The Labute approximate surface area is 113 Å². The average Bonchev–Trinajstić information content (AvgIpc) is 3.01. The summed E-state index contributed by atoms with van der Waals surface area (Å²) in [6.07, 6.45) is 14.3. The van der Waals surface area contributed by atoms with Gasteiger partial charge in [0.25, 0.3) is 0 Å². The van der Waals surface area contributed by atoms with Crippen molar-refractivity contribution < 1.29 is 0 Å². The third kappa shape index (κ3) is 3.13. The van der Waals surface area contributed by atoms with Crippen molar-refractivity contribution in [1.82, 2.24) is 14.5 Å². The van der Waals surface area contributed by atoms with Crippen LogP contribution in [-0.2, 0) is 0 Å². The van der Waals surface area contributed by atoms with Gasteiger partial charge in [-0.3, -0.25) is 4.57 Å². The van der Waals surface area contributed by atoms with Crippen LogP contribution in [0.2, 0.25) is 0 Å². The molecule has 0 saturated heterocycles. The summed E-state index contributed by atoms with van der Waals surface area (Å²) in [5.74, 6) is 1.74. The van der Waals surface area contributed by atoms with Crippen molar-refractivity contribution >= 4 is 5.69 Å². The molecule has 2 aromatic rings. The lowest BCUT2D eigenvalue weighted by Gasteiger charge is -2.22. The monoisotopic (exact) mass is 256 g/mol. The van der Waals surface area contributed by atoms with Gasteiger partial charge in [-0.15, -0.1) is 0 Å². The molecule has 0 aliphatic heterocycles. The fourth-order valence-electron chi connectivity index (χ4n) is 2.69. The largest absolute Gasteiger partial charge is 0.384 e. The van der Waals surface area contributed by atoms with E-state index >= 15 is 0 Å². The number of imidazole rings is 1. The first-order valence-electron chi connectivity index (χ1n) is 7.10. The van der Waals surface area contributed by atoms with E-state index in [0.29, 0.717) is 0 Å². The van der Waals surface area contributed by atoms with E-state index in [-0.39, 0.29) is 0 Å². The molecule has 0 aromatic carbocycles. The average molecular weight is 256 g/mol. The van der Waals surface area contributed by atoms with Gasteiger partial charge in [-0.1, -0.05) is 19.3 Å². The second-order valence-electron chi connectivity index (χ2n) is 5.26. The Bertz CT molecular complexity index is 483. The molecule has 0 atom stereocenters. The molecular formula is C15H20N4. The van der Waals surface area contributed by atoms with Gasteiger partial charge in [-0.25, -0.2) is 9.97 Å². The molecule has 1 N–H and O–H groups in total. The highest BCUT2D eigenvalue weighted by atomic mass is 15.1. The van der Waals surface area contributed by atoms with Gasteiger partial charge in [0.1, 0.15) is 12.1 Å². The molecule has 4 heteroatoms. The summed E-state index contributed by atoms with van der Waals surface area (Å²) in [5.41, 5.74) is 1.11. The van der Waals surface area contributed by atoms with Crippen molar-refractivity contribution in [3.05, 3.63) is 37.1 Å². The summed E-state index contributed by atoms with van der Waals surface area (Å²) in [4.78, 5) is 8.47. The Morgan fingerprint density at radius 3 is 2.79 bits per heavy atom. The van der Waals surface area contributed by atoms with E-state index in [1.54, 1.807) is 12.5 Å². The molecule has 19 heavy (non-hydrogen) atoms. The van der Waals surface area contributed by atoms with Crippen molar-refractivity contribution in [2.75, 3.05) is 11.9 Å². The van der Waals surface area contributed by atoms with Crippen LogP contribution in [0.1, 0.15) is 32.1 Å². The Morgan fingerprint density at radius 1 is 1.21 bits per heavy atom. The van der Waals surface area contributed by atoms with Gasteiger partial charge in [-0.2, -0.15) is 0 Å². The molecule has 2 aromatic heterocycles. The van der Waals surface area contributed by atoms with Crippen molar-refractivity contribution in [2.24, 2.45) is 5.92 Å². The van der Waals surface area contributed by atoms with Crippen LogP contribution in [0.25, 0.3) is 5.82 Å². The quantitative estimate of drug-likeness (QED) is 0.913. The third-order valence-electron chi connectivity index (χ3n) is 3.84. The molecule has 0 bridgehead atoms. The van der Waals surface area contributed by atoms with Crippen LogP contribution in [0.3, 0.4) is 0 Å². The van der Waals surface area contributed by atoms with Crippen molar-refractivity contribution in [3.63, 3.8) is 0 Å². The minimum atomic E-state index is 0.835. The van der Waals surface area contributed by atoms with Gasteiger partial charge in [0, 0.05) is 18.9 Å². The number of pyridine rings is 1. The number of hydrogen-bond acceptors (Lipinski definition) is 3. The van der Waals surface area contributed by atoms with Gasteiger partial charge < -0.3 is 5.32 Å². The fourth-order valence-corrected chi connectivity index (χ4v) is 2.69. The first kappa shape index (κ1) is 12.2. The Balaban J connectivity index is 1.57.